The maximum Gasteiger partial charge on any atom is 0.241 e. The van der Waals surface area contributed by atoms with Crippen LogP contribution in [0, 0.1) is 0 Å². The smallest absolute Gasteiger partial charge is 0.241 e. The molecule has 2 aromatic rings. The second-order valence-corrected chi connectivity index (χ2v) is 5.32. The van der Waals surface area contributed by atoms with Gasteiger partial charge in [-0.05, 0) is 11.6 Å². The van der Waals surface area contributed by atoms with Crippen LogP contribution in [0.3, 0.4) is 0 Å². The number of carbonyl (C=O) groups excluding carboxylic acids is 3. The van der Waals surface area contributed by atoms with Crippen LogP contribution in [-0.2, 0) is 9.59 Å². The van der Waals surface area contributed by atoms with Crippen molar-refractivity contribution in [2.24, 2.45) is 0 Å². The van der Waals surface area contributed by atoms with Gasteiger partial charge in [0.1, 0.15) is 5.92 Å². The van der Waals surface area contributed by atoms with Crippen LogP contribution in [0.25, 0.3) is 0 Å². The zero-order valence-corrected chi connectivity index (χ0v) is 12.2. The molecular formula is C18H15NO3. The molecular weight excluding hydrogens is 278 g/mol. The fourth-order valence-electron chi connectivity index (χ4n) is 2.78. The summed E-state index contributed by atoms with van der Waals surface area (Å²) in [5.41, 5.74) is 1.90. The molecule has 0 N–H and O–H groups in total. The van der Waals surface area contributed by atoms with E-state index in [-0.39, 0.29) is 23.9 Å². The topological polar surface area (TPSA) is 54.5 Å². The number of nitrogens with zero attached hydrogens (tertiary/aromatic N) is 1. The highest BCUT2D eigenvalue weighted by Crippen LogP contribution is 2.37. The molecule has 0 fully saturated rings. The van der Waals surface area contributed by atoms with Crippen molar-refractivity contribution >= 4 is 23.2 Å². The third-order valence-corrected chi connectivity index (χ3v) is 3.94. The average molecular weight is 293 g/mol. The molecule has 0 saturated heterocycles. The summed E-state index contributed by atoms with van der Waals surface area (Å²) in [7, 11) is 1.65. The lowest BCUT2D eigenvalue weighted by Crippen LogP contribution is -2.29. The Labute approximate surface area is 128 Å². The molecule has 4 nitrogen and oxygen atoms in total. The third-order valence-electron chi connectivity index (χ3n) is 3.94. The van der Waals surface area contributed by atoms with Crippen LogP contribution in [0.2, 0.25) is 0 Å². The van der Waals surface area contributed by atoms with Gasteiger partial charge in [0, 0.05) is 18.3 Å². The molecule has 1 aliphatic heterocycles. The van der Waals surface area contributed by atoms with E-state index in [1.165, 1.54) is 4.90 Å². The predicted molar refractivity (Wildman–Crippen MR) is 83.0 cm³/mol. The molecule has 1 amide bonds. The number of hydrogen-bond donors (Lipinski definition) is 0. The lowest BCUT2D eigenvalue weighted by atomic mass is 9.92. The predicted octanol–water partition coefficient (Wildman–Crippen LogP) is 2.59. The summed E-state index contributed by atoms with van der Waals surface area (Å²) in [6.07, 6.45) is -0.261. The molecule has 0 radical (unpaired) electrons. The van der Waals surface area contributed by atoms with Gasteiger partial charge >= 0.3 is 0 Å². The number of carbonyl (C=O) groups is 3. The van der Waals surface area contributed by atoms with Crippen molar-refractivity contribution in [3.05, 3.63) is 65.7 Å². The normalized spacial score (nSPS) is 16.5. The minimum Gasteiger partial charge on any atom is -0.314 e. The molecule has 0 bridgehead atoms. The SMILES string of the molecule is CN1C(=O)C(C(=O)CC(=O)c2ccccc2)c2ccccc21. The van der Waals surface area contributed by atoms with Crippen molar-refractivity contribution in [2.45, 2.75) is 12.3 Å². The zero-order valence-electron chi connectivity index (χ0n) is 12.2. The number of anilines is 1. The molecule has 0 spiro atoms. The van der Waals surface area contributed by atoms with E-state index in [0.29, 0.717) is 11.1 Å². The van der Waals surface area contributed by atoms with E-state index >= 15 is 0 Å². The Bertz CT molecular complexity index is 752. The van der Waals surface area contributed by atoms with Gasteiger partial charge in [-0.2, -0.15) is 0 Å². The van der Waals surface area contributed by atoms with Crippen molar-refractivity contribution < 1.29 is 14.4 Å². The maximum absolute atomic E-state index is 12.5. The van der Waals surface area contributed by atoms with E-state index in [2.05, 4.69) is 0 Å². The van der Waals surface area contributed by atoms with Crippen molar-refractivity contribution in [1.29, 1.82) is 0 Å². The Morgan fingerprint density at radius 1 is 1.00 bits per heavy atom. The molecule has 22 heavy (non-hydrogen) atoms. The highest BCUT2D eigenvalue weighted by atomic mass is 16.2. The van der Waals surface area contributed by atoms with Gasteiger partial charge in [0.15, 0.2) is 11.6 Å². The van der Waals surface area contributed by atoms with Gasteiger partial charge in [0.2, 0.25) is 5.91 Å². The molecule has 1 heterocycles. The Kier molecular flexibility index (Phi) is 3.59. The highest BCUT2D eigenvalue weighted by Gasteiger charge is 2.40. The molecule has 3 rings (SSSR count). The molecule has 1 atom stereocenters. The standard InChI is InChI=1S/C18H15NO3/c1-19-14-10-6-5-9-13(14)17(18(19)22)16(21)11-15(20)12-7-3-2-4-8-12/h2-10,17H,11H2,1H3. The summed E-state index contributed by atoms with van der Waals surface area (Å²) in [5, 5.41) is 0. The zero-order chi connectivity index (χ0) is 15.7. The first-order valence-electron chi connectivity index (χ1n) is 7.07. The second-order valence-electron chi connectivity index (χ2n) is 5.32. The van der Waals surface area contributed by atoms with Crippen LogP contribution in [-0.4, -0.2) is 24.5 Å². The Morgan fingerprint density at radius 3 is 2.36 bits per heavy atom. The fraction of sp³-hybridized carbons (Fsp3) is 0.167. The monoisotopic (exact) mass is 293 g/mol. The summed E-state index contributed by atoms with van der Waals surface area (Å²) in [6.45, 7) is 0. The van der Waals surface area contributed by atoms with Gasteiger partial charge in [0.25, 0.3) is 0 Å². The van der Waals surface area contributed by atoms with E-state index in [1.54, 1.807) is 49.5 Å². The summed E-state index contributed by atoms with van der Waals surface area (Å²) in [6, 6.07) is 15.9. The van der Waals surface area contributed by atoms with Crippen LogP contribution < -0.4 is 4.90 Å². The van der Waals surface area contributed by atoms with E-state index in [0.717, 1.165) is 5.69 Å². The van der Waals surface area contributed by atoms with E-state index < -0.39 is 5.92 Å². The van der Waals surface area contributed by atoms with Crippen LogP contribution in [0.15, 0.2) is 54.6 Å². The van der Waals surface area contributed by atoms with Crippen LogP contribution in [0.5, 0.6) is 0 Å². The van der Waals surface area contributed by atoms with Crippen LogP contribution in [0.4, 0.5) is 5.69 Å². The summed E-state index contributed by atoms with van der Waals surface area (Å²) in [4.78, 5) is 38.4. The Balaban J connectivity index is 1.84. The second kappa shape index (κ2) is 5.56. The minimum atomic E-state index is -0.867. The first-order valence-corrected chi connectivity index (χ1v) is 7.07. The first kappa shape index (κ1) is 14.2. The number of ketones is 2. The maximum atomic E-state index is 12.5. The van der Waals surface area contributed by atoms with Crippen LogP contribution in [0.1, 0.15) is 28.3 Å². The average Bonchev–Trinajstić information content (AvgIpc) is 2.80. The van der Waals surface area contributed by atoms with E-state index in [1.807, 2.05) is 12.1 Å². The first-order chi connectivity index (χ1) is 10.6. The number of rotatable bonds is 4. The van der Waals surface area contributed by atoms with Gasteiger partial charge in [-0.25, -0.2) is 0 Å². The van der Waals surface area contributed by atoms with E-state index in [9.17, 15) is 14.4 Å². The molecule has 0 saturated carbocycles. The lowest BCUT2D eigenvalue weighted by molar-refractivity contribution is -0.127. The van der Waals surface area contributed by atoms with Crippen molar-refractivity contribution in [1.82, 2.24) is 0 Å². The Morgan fingerprint density at radius 2 is 1.64 bits per heavy atom. The number of likely N-dealkylation sites (N-methyl/N-ethyl adjacent to an activating group) is 1. The number of fused-ring (bicyclic) bond motifs is 1. The van der Waals surface area contributed by atoms with Gasteiger partial charge in [-0.1, -0.05) is 48.5 Å². The fourth-order valence-corrected chi connectivity index (χ4v) is 2.78. The number of benzene rings is 2. The molecule has 1 unspecified atom stereocenters. The molecule has 0 aliphatic carbocycles. The van der Waals surface area contributed by atoms with Crippen molar-refractivity contribution in [3.63, 3.8) is 0 Å². The summed E-state index contributed by atoms with van der Waals surface area (Å²) < 4.78 is 0. The lowest BCUT2D eigenvalue weighted by Gasteiger charge is -2.10. The largest absolute Gasteiger partial charge is 0.314 e. The molecule has 110 valence electrons. The summed E-state index contributed by atoms with van der Waals surface area (Å²) >= 11 is 0. The molecule has 2 aromatic carbocycles. The quantitative estimate of drug-likeness (QED) is 0.643. The Hall–Kier alpha value is -2.75. The van der Waals surface area contributed by atoms with Crippen LogP contribution >= 0.6 is 0 Å². The van der Waals surface area contributed by atoms with Crippen molar-refractivity contribution in [3.8, 4) is 0 Å². The third kappa shape index (κ3) is 2.33. The number of hydrogen-bond acceptors (Lipinski definition) is 3. The molecule has 0 aromatic heterocycles. The number of amides is 1. The van der Waals surface area contributed by atoms with Gasteiger partial charge < -0.3 is 4.90 Å². The van der Waals surface area contributed by atoms with Gasteiger partial charge in [-0.3, -0.25) is 14.4 Å². The minimum absolute atomic E-state index is 0.259. The van der Waals surface area contributed by atoms with E-state index in [4.69, 9.17) is 0 Å². The molecule has 4 heteroatoms. The number of para-hydroxylation sites is 1. The van der Waals surface area contributed by atoms with Gasteiger partial charge in [-0.15, -0.1) is 0 Å². The van der Waals surface area contributed by atoms with Crippen molar-refractivity contribution in [2.75, 3.05) is 11.9 Å². The summed E-state index contributed by atoms with van der Waals surface area (Å²) in [5.74, 6) is -1.75. The number of Topliss-reactive ketones (excluding diaryl/α,β-unsaturated/α-hetero) is 2. The van der Waals surface area contributed by atoms with Gasteiger partial charge in [0.05, 0.1) is 6.42 Å². The highest BCUT2D eigenvalue weighted by molar-refractivity contribution is 6.22. The molecule has 1 aliphatic rings.